The molecule has 0 radical (unpaired) electrons. The zero-order chi connectivity index (χ0) is 17.6. The van der Waals surface area contributed by atoms with Gasteiger partial charge in [0.15, 0.2) is 0 Å². The first-order valence-electron chi connectivity index (χ1n) is 8.08. The summed E-state index contributed by atoms with van der Waals surface area (Å²) in [5.74, 6) is -0.289. The lowest BCUT2D eigenvalue weighted by molar-refractivity contribution is -0.383. The second-order valence-electron chi connectivity index (χ2n) is 5.73. The second kappa shape index (κ2) is 7.87. The normalized spacial score (nSPS) is 16.2. The Hall–Kier alpha value is -2.77. The molecule has 1 N–H and O–H groups in total. The number of nitro groups is 1. The van der Waals surface area contributed by atoms with Crippen molar-refractivity contribution in [1.82, 2.24) is 4.90 Å². The van der Waals surface area contributed by atoms with Crippen molar-refractivity contribution in [3.8, 4) is 0 Å². The molecular weight excluding hydrogens is 322 g/mol. The van der Waals surface area contributed by atoms with Gasteiger partial charge in [-0.25, -0.2) is 0 Å². The topological polar surface area (TPSA) is 84.7 Å². The van der Waals surface area contributed by atoms with E-state index in [9.17, 15) is 14.9 Å². The Bertz CT molecular complexity index is 745. The number of amides is 1. The molecule has 2 aromatic rings. The molecule has 130 valence electrons. The molecule has 25 heavy (non-hydrogen) atoms. The van der Waals surface area contributed by atoms with Crippen molar-refractivity contribution >= 4 is 17.3 Å². The number of nitro benzene ring substituents is 1. The molecule has 2 aromatic carbocycles. The van der Waals surface area contributed by atoms with Crippen LogP contribution < -0.4 is 5.32 Å². The quantitative estimate of drug-likeness (QED) is 0.667. The Morgan fingerprint density at radius 2 is 1.72 bits per heavy atom. The second-order valence-corrected chi connectivity index (χ2v) is 5.73. The Morgan fingerprint density at radius 1 is 1.08 bits per heavy atom. The van der Waals surface area contributed by atoms with Gasteiger partial charge in [0.2, 0.25) is 5.91 Å². The molecule has 7 nitrogen and oxygen atoms in total. The molecule has 0 aliphatic carbocycles. The average Bonchev–Trinajstić information content (AvgIpc) is 2.64. The highest BCUT2D eigenvalue weighted by atomic mass is 16.6. The minimum atomic E-state index is -0.523. The number of anilines is 1. The van der Waals surface area contributed by atoms with E-state index in [1.165, 1.54) is 12.1 Å². The first-order chi connectivity index (χ1) is 12.2. The van der Waals surface area contributed by atoms with Crippen LogP contribution in [0.15, 0.2) is 54.6 Å². The van der Waals surface area contributed by atoms with E-state index in [4.69, 9.17) is 4.74 Å². The Labute approximate surface area is 145 Å². The van der Waals surface area contributed by atoms with Gasteiger partial charge in [-0.2, -0.15) is 0 Å². The number of carbonyl (C=O) groups is 1. The van der Waals surface area contributed by atoms with E-state index < -0.39 is 11.0 Å². The largest absolute Gasteiger partial charge is 0.379 e. The Morgan fingerprint density at radius 3 is 2.40 bits per heavy atom. The standard InChI is InChI=1S/C18H19N3O4/c22-18(19-15-8-4-5-9-16(15)21(23)24)17(14-6-2-1-3-7-14)20-10-12-25-13-11-20/h1-9,17H,10-13H2,(H,19,22)/t17-/m1/s1. The van der Waals surface area contributed by atoms with Gasteiger partial charge < -0.3 is 10.1 Å². The van der Waals surface area contributed by atoms with Gasteiger partial charge in [0.1, 0.15) is 11.7 Å². The molecule has 0 aromatic heterocycles. The third kappa shape index (κ3) is 4.01. The summed E-state index contributed by atoms with van der Waals surface area (Å²) in [6.07, 6.45) is 0. The van der Waals surface area contributed by atoms with Crippen molar-refractivity contribution in [2.24, 2.45) is 0 Å². The molecule has 0 unspecified atom stereocenters. The molecule has 0 bridgehead atoms. The predicted octanol–water partition coefficient (Wildman–Crippen LogP) is 2.61. The maximum absolute atomic E-state index is 13.0. The summed E-state index contributed by atoms with van der Waals surface area (Å²) in [7, 11) is 0. The van der Waals surface area contributed by atoms with Gasteiger partial charge in [-0.15, -0.1) is 0 Å². The minimum Gasteiger partial charge on any atom is -0.379 e. The van der Waals surface area contributed by atoms with E-state index in [2.05, 4.69) is 5.32 Å². The maximum atomic E-state index is 13.0. The van der Waals surface area contributed by atoms with Gasteiger partial charge in [-0.1, -0.05) is 42.5 Å². The highest BCUT2D eigenvalue weighted by molar-refractivity contribution is 5.97. The molecule has 0 saturated carbocycles. The first-order valence-corrected chi connectivity index (χ1v) is 8.08. The predicted molar refractivity (Wildman–Crippen MR) is 93.3 cm³/mol. The number of para-hydroxylation sites is 2. The number of morpholine rings is 1. The highest BCUT2D eigenvalue weighted by Crippen LogP contribution is 2.27. The summed E-state index contributed by atoms with van der Waals surface area (Å²) < 4.78 is 5.37. The van der Waals surface area contributed by atoms with Crippen LogP contribution in [0.1, 0.15) is 11.6 Å². The maximum Gasteiger partial charge on any atom is 0.292 e. The molecule has 1 aliphatic rings. The fourth-order valence-electron chi connectivity index (χ4n) is 2.94. The number of rotatable bonds is 5. The monoisotopic (exact) mass is 341 g/mol. The minimum absolute atomic E-state index is 0.121. The highest BCUT2D eigenvalue weighted by Gasteiger charge is 2.30. The zero-order valence-electron chi connectivity index (χ0n) is 13.6. The summed E-state index contributed by atoms with van der Waals surface area (Å²) in [6.45, 7) is 2.37. The number of nitrogens with one attached hydrogen (secondary N) is 1. The van der Waals surface area contributed by atoms with Crippen LogP contribution in [0.25, 0.3) is 0 Å². The fourth-order valence-corrected chi connectivity index (χ4v) is 2.94. The van der Waals surface area contributed by atoms with E-state index in [-0.39, 0.29) is 17.3 Å². The van der Waals surface area contributed by atoms with Crippen LogP contribution in [0.5, 0.6) is 0 Å². The van der Waals surface area contributed by atoms with Crippen molar-refractivity contribution in [3.63, 3.8) is 0 Å². The molecule has 7 heteroatoms. The number of carbonyl (C=O) groups excluding carboxylic acids is 1. The molecule has 1 amide bonds. The van der Waals surface area contributed by atoms with Crippen LogP contribution in [0.4, 0.5) is 11.4 Å². The van der Waals surface area contributed by atoms with Crippen LogP contribution in [-0.4, -0.2) is 42.0 Å². The van der Waals surface area contributed by atoms with Crippen LogP contribution in [0.3, 0.4) is 0 Å². The average molecular weight is 341 g/mol. The van der Waals surface area contributed by atoms with Crippen molar-refractivity contribution in [2.75, 3.05) is 31.6 Å². The number of ether oxygens (including phenoxy) is 1. The number of hydrogen-bond donors (Lipinski definition) is 1. The molecule has 3 rings (SSSR count). The van der Waals surface area contributed by atoms with Gasteiger partial charge in [0.25, 0.3) is 5.69 Å². The van der Waals surface area contributed by atoms with E-state index in [0.29, 0.717) is 26.3 Å². The van der Waals surface area contributed by atoms with Crippen molar-refractivity contribution < 1.29 is 14.5 Å². The van der Waals surface area contributed by atoms with Crippen molar-refractivity contribution in [1.29, 1.82) is 0 Å². The van der Waals surface area contributed by atoms with Gasteiger partial charge >= 0.3 is 0 Å². The lowest BCUT2D eigenvalue weighted by Crippen LogP contribution is -2.43. The Kier molecular flexibility index (Phi) is 5.37. The van der Waals surface area contributed by atoms with E-state index >= 15 is 0 Å². The number of benzene rings is 2. The van der Waals surface area contributed by atoms with Crippen molar-refractivity contribution in [3.05, 3.63) is 70.3 Å². The van der Waals surface area contributed by atoms with Crippen molar-refractivity contribution in [2.45, 2.75) is 6.04 Å². The molecule has 1 atom stereocenters. The summed E-state index contributed by atoms with van der Waals surface area (Å²) in [5.41, 5.74) is 0.928. The van der Waals surface area contributed by atoms with Gasteiger partial charge in [0, 0.05) is 19.2 Å². The molecule has 1 aliphatic heterocycles. The first kappa shape index (κ1) is 17.1. The summed E-state index contributed by atoms with van der Waals surface area (Å²) in [5, 5.41) is 13.9. The van der Waals surface area contributed by atoms with E-state index in [0.717, 1.165) is 5.56 Å². The third-order valence-corrected chi connectivity index (χ3v) is 4.13. The lowest BCUT2D eigenvalue weighted by atomic mass is 10.0. The summed E-state index contributed by atoms with van der Waals surface area (Å²) in [4.78, 5) is 25.7. The van der Waals surface area contributed by atoms with Crippen LogP contribution in [0, 0.1) is 10.1 Å². The molecular formula is C18H19N3O4. The lowest BCUT2D eigenvalue weighted by Gasteiger charge is -2.33. The summed E-state index contributed by atoms with van der Waals surface area (Å²) >= 11 is 0. The van der Waals surface area contributed by atoms with Gasteiger partial charge in [-0.05, 0) is 11.6 Å². The van der Waals surface area contributed by atoms with Gasteiger partial charge in [0.05, 0.1) is 18.1 Å². The number of hydrogen-bond acceptors (Lipinski definition) is 5. The molecule has 1 fully saturated rings. The molecule has 1 heterocycles. The van der Waals surface area contributed by atoms with Crippen LogP contribution in [0.2, 0.25) is 0 Å². The van der Waals surface area contributed by atoms with Crippen LogP contribution >= 0.6 is 0 Å². The Balaban J connectivity index is 1.88. The van der Waals surface area contributed by atoms with E-state index in [1.807, 2.05) is 35.2 Å². The fraction of sp³-hybridized carbons (Fsp3) is 0.278. The smallest absolute Gasteiger partial charge is 0.292 e. The third-order valence-electron chi connectivity index (χ3n) is 4.13. The number of nitrogens with zero attached hydrogens (tertiary/aromatic N) is 2. The molecule has 1 saturated heterocycles. The summed E-state index contributed by atoms with van der Waals surface area (Å²) in [6, 6.07) is 15.0. The van der Waals surface area contributed by atoms with Crippen LogP contribution in [-0.2, 0) is 9.53 Å². The SMILES string of the molecule is O=C(Nc1ccccc1[N+](=O)[O-])[C@@H](c1ccccc1)N1CCOCC1. The van der Waals surface area contributed by atoms with Gasteiger partial charge in [-0.3, -0.25) is 19.8 Å². The molecule has 0 spiro atoms. The van der Waals surface area contributed by atoms with E-state index in [1.54, 1.807) is 12.1 Å². The zero-order valence-corrected chi connectivity index (χ0v) is 13.6.